The number of nitrogens with one attached hydrogen (secondary N) is 3. The number of benzene rings is 1. The Balaban J connectivity index is 1.81. The molecule has 1 fully saturated rings. The third-order valence-corrected chi connectivity index (χ3v) is 4.32. The van der Waals surface area contributed by atoms with Gasteiger partial charge in [0, 0.05) is 24.6 Å². The van der Waals surface area contributed by atoms with E-state index in [-0.39, 0.29) is 35.7 Å². The molecule has 1 aromatic rings. The summed E-state index contributed by atoms with van der Waals surface area (Å²) in [5, 5.41) is 8.28. The summed E-state index contributed by atoms with van der Waals surface area (Å²) < 4.78 is 0. The molecule has 25 heavy (non-hydrogen) atoms. The zero-order valence-electron chi connectivity index (χ0n) is 15.1. The molecule has 1 unspecified atom stereocenters. The van der Waals surface area contributed by atoms with E-state index in [1.165, 1.54) is 0 Å². The van der Waals surface area contributed by atoms with Gasteiger partial charge in [-0.05, 0) is 36.0 Å². The lowest BCUT2D eigenvalue weighted by atomic mass is 9.87. The largest absolute Gasteiger partial charge is 0.356 e. The monoisotopic (exact) mass is 345 g/mol. The summed E-state index contributed by atoms with van der Waals surface area (Å²) in [5.41, 5.74) is 1.72. The first-order valence-corrected chi connectivity index (χ1v) is 8.70. The second kappa shape index (κ2) is 8.14. The van der Waals surface area contributed by atoms with Crippen LogP contribution in [0.1, 0.15) is 56.0 Å². The quantitative estimate of drug-likeness (QED) is 0.773. The predicted molar refractivity (Wildman–Crippen MR) is 96.3 cm³/mol. The third kappa shape index (κ3) is 5.89. The van der Waals surface area contributed by atoms with Crippen LogP contribution in [0.2, 0.25) is 0 Å². The highest BCUT2D eigenvalue weighted by molar-refractivity contribution is 5.96. The lowest BCUT2D eigenvalue weighted by Crippen LogP contribution is -2.42. The highest BCUT2D eigenvalue weighted by Crippen LogP contribution is 2.22. The van der Waals surface area contributed by atoms with Gasteiger partial charge in [0.1, 0.15) is 0 Å². The van der Waals surface area contributed by atoms with Gasteiger partial charge in [-0.15, -0.1) is 0 Å². The number of hydrogen-bond donors (Lipinski definition) is 3. The fourth-order valence-electron chi connectivity index (χ4n) is 2.73. The Morgan fingerprint density at radius 2 is 1.84 bits per heavy atom. The minimum Gasteiger partial charge on any atom is -0.356 e. The van der Waals surface area contributed by atoms with Crippen molar-refractivity contribution in [2.24, 2.45) is 0 Å². The summed E-state index contributed by atoms with van der Waals surface area (Å²) >= 11 is 0. The molecule has 1 atom stereocenters. The Kier molecular flexibility index (Phi) is 6.17. The molecule has 1 heterocycles. The van der Waals surface area contributed by atoms with Crippen LogP contribution >= 0.6 is 0 Å². The molecule has 0 saturated carbocycles. The first kappa shape index (κ1) is 19.0. The van der Waals surface area contributed by atoms with Crippen LogP contribution in [0.15, 0.2) is 24.3 Å². The van der Waals surface area contributed by atoms with Crippen LogP contribution in [0.3, 0.4) is 0 Å². The number of carbonyl (C=O) groups is 3. The summed E-state index contributed by atoms with van der Waals surface area (Å²) in [6.45, 7) is 6.84. The van der Waals surface area contributed by atoms with Crippen molar-refractivity contribution < 1.29 is 14.4 Å². The summed E-state index contributed by atoms with van der Waals surface area (Å²) in [5.74, 6) is -0.490. The molecule has 0 bridgehead atoms. The van der Waals surface area contributed by atoms with Gasteiger partial charge in [-0.25, -0.2) is 0 Å². The van der Waals surface area contributed by atoms with E-state index >= 15 is 0 Å². The molecule has 0 spiro atoms. The first-order chi connectivity index (χ1) is 11.8. The average Bonchev–Trinajstić information content (AvgIpc) is 2.76. The highest BCUT2D eigenvalue weighted by atomic mass is 16.2. The van der Waals surface area contributed by atoms with Crippen LogP contribution in [0.25, 0.3) is 0 Å². The first-order valence-electron chi connectivity index (χ1n) is 8.70. The maximum atomic E-state index is 12.2. The number of hydrogen-bond acceptors (Lipinski definition) is 3. The molecular formula is C19H27N3O3. The van der Waals surface area contributed by atoms with E-state index in [4.69, 9.17) is 0 Å². The third-order valence-electron chi connectivity index (χ3n) is 4.32. The van der Waals surface area contributed by atoms with Crippen LogP contribution in [-0.2, 0) is 15.0 Å². The zero-order valence-corrected chi connectivity index (χ0v) is 15.1. The van der Waals surface area contributed by atoms with Crippen molar-refractivity contribution in [1.82, 2.24) is 16.0 Å². The topological polar surface area (TPSA) is 87.3 Å². The van der Waals surface area contributed by atoms with Gasteiger partial charge >= 0.3 is 0 Å². The molecule has 0 aromatic heterocycles. The molecule has 3 N–H and O–H groups in total. The molecule has 6 nitrogen and oxygen atoms in total. The molecule has 1 aromatic carbocycles. The van der Waals surface area contributed by atoms with E-state index in [2.05, 4.69) is 36.7 Å². The Hall–Kier alpha value is -2.37. The molecule has 6 heteroatoms. The standard InChI is InChI=1S/C19H27N3O3/c1-19(2,3)14-6-4-13(5-7-14)18(25)21-12-17(24)22-15-8-9-16(23)20-11-10-15/h4-7,15H,8-12H2,1-3H3,(H,20,23)(H,21,25)(H,22,24). The van der Waals surface area contributed by atoms with Crippen molar-refractivity contribution in [3.8, 4) is 0 Å². The van der Waals surface area contributed by atoms with Crippen molar-refractivity contribution in [2.45, 2.75) is 51.5 Å². The van der Waals surface area contributed by atoms with Crippen molar-refractivity contribution in [3.05, 3.63) is 35.4 Å². The SMILES string of the molecule is CC(C)(C)c1ccc(C(=O)NCC(=O)NC2CCNC(=O)CC2)cc1. The van der Waals surface area contributed by atoms with E-state index in [0.29, 0.717) is 31.4 Å². The number of amides is 3. The number of carbonyl (C=O) groups excluding carboxylic acids is 3. The second-order valence-electron chi connectivity index (χ2n) is 7.45. The maximum absolute atomic E-state index is 12.2. The molecule has 1 aliphatic heterocycles. The molecule has 136 valence electrons. The van der Waals surface area contributed by atoms with Crippen LogP contribution in [0, 0.1) is 0 Å². The molecule has 2 rings (SSSR count). The molecular weight excluding hydrogens is 318 g/mol. The van der Waals surface area contributed by atoms with Crippen LogP contribution in [-0.4, -0.2) is 36.9 Å². The average molecular weight is 345 g/mol. The van der Waals surface area contributed by atoms with Crippen molar-refractivity contribution in [2.75, 3.05) is 13.1 Å². The van der Waals surface area contributed by atoms with E-state index in [1.54, 1.807) is 12.1 Å². The van der Waals surface area contributed by atoms with Gasteiger partial charge in [0.2, 0.25) is 11.8 Å². The van der Waals surface area contributed by atoms with Gasteiger partial charge in [0.05, 0.1) is 6.54 Å². The molecule has 3 amide bonds. The van der Waals surface area contributed by atoms with Gasteiger partial charge in [0.15, 0.2) is 0 Å². The Labute approximate surface area is 148 Å². The predicted octanol–water partition coefficient (Wildman–Crippen LogP) is 1.50. The minimum atomic E-state index is -0.270. The Bertz CT molecular complexity index is 632. The summed E-state index contributed by atoms with van der Waals surface area (Å²) in [7, 11) is 0. The van der Waals surface area contributed by atoms with Gasteiger partial charge in [-0.2, -0.15) is 0 Å². The Morgan fingerprint density at radius 1 is 1.16 bits per heavy atom. The Morgan fingerprint density at radius 3 is 2.48 bits per heavy atom. The van der Waals surface area contributed by atoms with E-state index in [1.807, 2.05) is 12.1 Å². The molecule has 1 aliphatic rings. The van der Waals surface area contributed by atoms with Gasteiger partial charge < -0.3 is 16.0 Å². The molecule has 1 saturated heterocycles. The second-order valence-corrected chi connectivity index (χ2v) is 7.45. The molecule has 0 aliphatic carbocycles. The van der Waals surface area contributed by atoms with Gasteiger partial charge in [-0.3, -0.25) is 14.4 Å². The summed E-state index contributed by atoms with van der Waals surface area (Å²) in [6, 6.07) is 7.39. The summed E-state index contributed by atoms with van der Waals surface area (Å²) in [6.07, 6.45) is 1.75. The maximum Gasteiger partial charge on any atom is 0.251 e. The number of rotatable bonds is 4. The fraction of sp³-hybridized carbons (Fsp3) is 0.526. The molecule has 0 radical (unpaired) electrons. The lowest BCUT2D eigenvalue weighted by Gasteiger charge is -2.19. The van der Waals surface area contributed by atoms with Gasteiger partial charge in [0.25, 0.3) is 5.91 Å². The zero-order chi connectivity index (χ0) is 18.4. The van der Waals surface area contributed by atoms with E-state index in [0.717, 1.165) is 5.56 Å². The van der Waals surface area contributed by atoms with Crippen LogP contribution < -0.4 is 16.0 Å². The van der Waals surface area contributed by atoms with E-state index in [9.17, 15) is 14.4 Å². The van der Waals surface area contributed by atoms with Crippen molar-refractivity contribution in [3.63, 3.8) is 0 Å². The highest BCUT2D eigenvalue weighted by Gasteiger charge is 2.18. The van der Waals surface area contributed by atoms with Gasteiger partial charge in [-0.1, -0.05) is 32.9 Å². The van der Waals surface area contributed by atoms with Crippen LogP contribution in [0.5, 0.6) is 0 Å². The van der Waals surface area contributed by atoms with E-state index < -0.39 is 0 Å². The summed E-state index contributed by atoms with van der Waals surface area (Å²) in [4.78, 5) is 35.4. The van der Waals surface area contributed by atoms with Crippen molar-refractivity contribution in [1.29, 1.82) is 0 Å². The smallest absolute Gasteiger partial charge is 0.251 e. The van der Waals surface area contributed by atoms with Crippen molar-refractivity contribution >= 4 is 17.7 Å². The van der Waals surface area contributed by atoms with Crippen LogP contribution in [0.4, 0.5) is 0 Å². The fourth-order valence-corrected chi connectivity index (χ4v) is 2.73. The minimum absolute atomic E-state index is 0.0174. The normalized spacial score (nSPS) is 18.0. The lowest BCUT2D eigenvalue weighted by molar-refractivity contribution is -0.122.